The summed E-state index contributed by atoms with van der Waals surface area (Å²) < 4.78 is 1.98. The van der Waals surface area contributed by atoms with Gasteiger partial charge in [-0.25, -0.2) is 4.98 Å². The van der Waals surface area contributed by atoms with E-state index in [0.717, 1.165) is 40.3 Å². The Labute approximate surface area is 180 Å². The molecule has 0 saturated heterocycles. The van der Waals surface area contributed by atoms with Crippen molar-refractivity contribution in [1.29, 1.82) is 0 Å². The van der Waals surface area contributed by atoms with Crippen molar-refractivity contribution in [2.24, 2.45) is 0 Å². The monoisotopic (exact) mass is 412 g/mol. The number of carbonyl (C=O) groups is 1. The molecule has 1 aromatic carbocycles. The summed E-state index contributed by atoms with van der Waals surface area (Å²) in [6.07, 6.45) is 5.98. The fourth-order valence-corrected chi connectivity index (χ4v) is 4.31. The second-order valence-electron chi connectivity index (χ2n) is 7.98. The van der Waals surface area contributed by atoms with Gasteiger partial charge in [0.2, 0.25) is 0 Å². The Morgan fingerprint density at radius 1 is 1.13 bits per heavy atom. The predicted octanol–water partition coefficient (Wildman–Crippen LogP) is 3.45. The van der Waals surface area contributed by atoms with Crippen LogP contribution in [0.1, 0.15) is 50.3 Å². The molecule has 1 unspecified atom stereocenters. The normalized spacial score (nSPS) is 15.7. The molecule has 4 aromatic rings. The molecule has 0 radical (unpaired) electrons. The number of aromatic amines is 1. The first-order chi connectivity index (χ1) is 15.1. The van der Waals surface area contributed by atoms with Gasteiger partial charge < -0.3 is 9.88 Å². The van der Waals surface area contributed by atoms with Crippen molar-refractivity contribution in [3.63, 3.8) is 0 Å². The van der Waals surface area contributed by atoms with Crippen LogP contribution in [-0.2, 0) is 13.0 Å². The van der Waals surface area contributed by atoms with E-state index in [0.29, 0.717) is 18.7 Å². The van der Waals surface area contributed by atoms with Gasteiger partial charge in [-0.1, -0.05) is 12.1 Å². The number of nitrogens with one attached hydrogen (secondary N) is 1. The van der Waals surface area contributed by atoms with Gasteiger partial charge in [0.15, 0.2) is 0 Å². The molecule has 1 aliphatic rings. The lowest BCUT2D eigenvalue weighted by molar-refractivity contribution is 0.0690. The Hall–Kier alpha value is -3.74. The summed E-state index contributed by atoms with van der Waals surface area (Å²) in [7, 11) is 0. The number of benzene rings is 1. The molecule has 3 aromatic heterocycles. The molecular formula is C24H24N6O. The van der Waals surface area contributed by atoms with Gasteiger partial charge in [-0.05, 0) is 55.3 Å². The third-order valence-corrected chi connectivity index (χ3v) is 5.84. The van der Waals surface area contributed by atoms with Gasteiger partial charge in [-0.2, -0.15) is 5.10 Å². The van der Waals surface area contributed by atoms with E-state index in [1.165, 1.54) is 0 Å². The summed E-state index contributed by atoms with van der Waals surface area (Å²) in [6.45, 7) is 5.37. The van der Waals surface area contributed by atoms with Crippen LogP contribution in [0.5, 0.6) is 0 Å². The van der Waals surface area contributed by atoms with E-state index < -0.39 is 0 Å². The maximum absolute atomic E-state index is 13.5. The van der Waals surface area contributed by atoms with Crippen molar-refractivity contribution < 1.29 is 4.79 Å². The minimum absolute atomic E-state index is 0.00752. The third kappa shape index (κ3) is 3.63. The number of H-pyrrole nitrogens is 1. The first-order valence-electron chi connectivity index (χ1n) is 10.4. The van der Waals surface area contributed by atoms with Crippen molar-refractivity contribution in [1.82, 2.24) is 29.6 Å². The number of hydrogen-bond donors (Lipinski definition) is 1. The highest BCUT2D eigenvalue weighted by Gasteiger charge is 2.34. The van der Waals surface area contributed by atoms with Crippen molar-refractivity contribution in [3.05, 3.63) is 101 Å². The molecule has 0 bridgehead atoms. The van der Waals surface area contributed by atoms with Gasteiger partial charge in [0.1, 0.15) is 6.04 Å². The molecule has 31 heavy (non-hydrogen) atoms. The number of fused-ring (bicyclic) bond motifs is 1. The molecule has 7 heteroatoms. The van der Waals surface area contributed by atoms with Gasteiger partial charge in [-0.3, -0.25) is 14.5 Å². The minimum Gasteiger partial charge on any atom is -0.348 e. The number of nitrogens with zero attached hydrogens (tertiary/aromatic N) is 5. The van der Waals surface area contributed by atoms with Gasteiger partial charge in [0, 0.05) is 42.3 Å². The highest BCUT2D eigenvalue weighted by molar-refractivity contribution is 5.95. The van der Waals surface area contributed by atoms with E-state index in [9.17, 15) is 4.79 Å². The van der Waals surface area contributed by atoms with E-state index in [-0.39, 0.29) is 11.9 Å². The Balaban J connectivity index is 1.41. The average molecular weight is 412 g/mol. The van der Waals surface area contributed by atoms with E-state index in [4.69, 9.17) is 0 Å². The summed E-state index contributed by atoms with van der Waals surface area (Å²) in [6, 6.07) is 13.6. The zero-order chi connectivity index (χ0) is 21.4. The fraction of sp³-hybridized carbons (Fsp3) is 0.250. The van der Waals surface area contributed by atoms with E-state index in [1.54, 1.807) is 18.7 Å². The maximum atomic E-state index is 13.5. The minimum atomic E-state index is -0.222. The quantitative estimate of drug-likeness (QED) is 0.557. The Morgan fingerprint density at radius 3 is 2.61 bits per heavy atom. The predicted molar refractivity (Wildman–Crippen MR) is 117 cm³/mol. The zero-order valence-electron chi connectivity index (χ0n) is 17.6. The topological polar surface area (TPSA) is 79.7 Å². The molecule has 4 heterocycles. The van der Waals surface area contributed by atoms with Crippen molar-refractivity contribution in [3.8, 4) is 0 Å². The number of aryl methyl sites for hydroxylation is 2. The molecular weight excluding hydrogens is 388 g/mol. The summed E-state index contributed by atoms with van der Waals surface area (Å²) in [5.41, 5.74) is 6.93. The van der Waals surface area contributed by atoms with Gasteiger partial charge in [0.05, 0.1) is 24.3 Å². The molecule has 1 amide bonds. The zero-order valence-corrected chi connectivity index (χ0v) is 17.6. The van der Waals surface area contributed by atoms with Gasteiger partial charge in [0.25, 0.3) is 5.91 Å². The largest absolute Gasteiger partial charge is 0.348 e. The van der Waals surface area contributed by atoms with Gasteiger partial charge >= 0.3 is 0 Å². The fourth-order valence-electron chi connectivity index (χ4n) is 4.31. The summed E-state index contributed by atoms with van der Waals surface area (Å²) in [5, 5.41) is 4.52. The van der Waals surface area contributed by atoms with Crippen LogP contribution in [-0.4, -0.2) is 42.1 Å². The van der Waals surface area contributed by atoms with Crippen LogP contribution in [0.2, 0.25) is 0 Å². The molecule has 0 spiro atoms. The Kier molecular flexibility index (Phi) is 4.86. The van der Waals surface area contributed by atoms with Crippen LogP contribution in [0.3, 0.4) is 0 Å². The van der Waals surface area contributed by atoms with Crippen molar-refractivity contribution in [2.75, 3.05) is 6.54 Å². The van der Waals surface area contributed by atoms with Crippen LogP contribution in [0.4, 0.5) is 0 Å². The highest BCUT2D eigenvalue weighted by Crippen LogP contribution is 2.34. The Morgan fingerprint density at radius 2 is 1.90 bits per heavy atom. The van der Waals surface area contributed by atoms with Crippen molar-refractivity contribution >= 4 is 5.91 Å². The molecule has 156 valence electrons. The smallest absolute Gasteiger partial charge is 0.254 e. The second-order valence-corrected chi connectivity index (χ2v) is 7.98. The lowest BCUT2D eigenvalue weighted by atomic mass is 9.95. The molecule has 5 rings (SSSR count). The van der Waals surface area contributed by atoms with Crippen molar-refractivity contribution in [2.45, 2.75) is 32.9 Å². The number of aromatic nitrogens is 5. The van der Waals surface area contributed by atoms with E-state index in [1.807, 2.05) is 52.9 Å². The molecule has 0 fully saturated rings. The lowest BCUT2D eigenvalue weighted by Crippen LogP contribution is -2.40. The standard InChI is InChI=1S/C24H24N6O/c1-16-13-17(2)30(28-16)14-18-3-5-20(6-4-18)24(31)29-12-9-21-22(27-15-26-21)23(29)19-7-10-25-11-8-19/h3-8,10-11,13,15,23H,9,12,14H2,1-2H3,(H,26,27). The second kappa shape index (κ2) is 7.83. The molecule has 0 aliphatic carbocycles. The first kappa shape index (κ1) is 19.2. The van der Waals surface area contributed by atoms with Crippen LogP contribution in [0, 0.1) is 13.8 Å². The summed E-state index contributed by atoms with van der Waals surface area (Å²) in [5.74, 6) is 0.00752. The van der Waals surface area contributed by atoms with E-state index in [2.05, 4.69) is 33.0 Å². The number of carbonyl (C=O) groups excluding carboxylic acids is 1. The van der Waals surface area contributed by atoms with Crippen LogP contribution in [0.15, 0.2) is 61.2 Å². The molecule has 1 aliphatic heterocycles. The van der Waals surface area contributed by atoms with Crippen LogP contribution >= 0.6 is 0 Å². The summed E-state index contributed by atoms with van der Waals surface area (Å²) in [4.78, 5) is 27.3. The number of amides is 1. The Bertz CT molecular complexity index is 1210. The number of imidazole rings is 1. The summed E-state index contributed by atoms with van der Waals surface area (Å²) >= 11 is 0. The number of pyridine rings is 1. The first-order valence-corrected chi connectivity index (χ1v) is 10.4. The lowest BCUT2D eigenvalue weighted by Gasteiger charge is -2.35. The molecule has 1 atom stereocenters. The van der Waals surface area contributed by atoms with Crippen LogP contribution in [0.25, 0.3) is 0 Å². The number of hydrogen-bond acceptors (Lipinski definition) is 4. The van der Waals surface area contributed by atoms with E-state index >= 15 is 0 Å². The number of rotatable bonds is 4. The molecule has 1 N–H and O–H groups in total. The highest BCUT2D eigenvalue weighted by atomic mass is 16.2. The molecule has 7 nitrogen and oxygen atoms in total. The SMILES string of the molecule is Cc1cc(C)n(Cc2ccc(C(=O)N3CCc4[nH]cnc4C3c3ccncc3)cc2)n1. The van der Waals surface area contributed by atoms with Crippen LogP contribution < -0.4 is 0 Å². The maximum Gasteiger partial charge on any atom is 0.254 e. The van der Waals surface area contributed by atoms with Gasteiger partial charge in [-0.15, -0.1) is 0 Å². The molecule has 0 saturated carbocycles. The average Bonchev–Trinajstić information content (AvgIpc) is 3.39. The third-order valence-electron chi connectivity index (χ3n) is 5.84.